The van der Waals surface area contributed by atoms with E-state index in [-0.39, 0.29) is 35.2 Å². The molecule has 1 aromatic heterocycles. The lowest BCUT2D eigenvalue weighted by atomic mass is 10.1. The van der Waals surface area contributed by atoms with Crippen molar-refractivity contribution in [3.05, 3.63) is 75.6 Å². The van der Waals surface area contributed by atoms with E-state index >= 15 is 0 Å². The second kappa shape index (κ2) is 9.46. The molecule has 8 nitrogen and oxygen atoms in total. The smallest absolute Gasteiger partial charge is 0.339 e. The number of ether oxygens (including phenoxy) is 2. The highest BCUT2D eigenvalue weighted by Gasteiger charge is 2.33. The van der Waals surface area contributed by atoms with Crippen LogP contribution in [0.15, 0.2) is 58.2 Å². The van der Waals surface area contributed by atoms with Gasteiger partial charge in [0.1, 0.15) is 0 Å². The average molecular weight is 471 g/mol. The Bertz CT molecular complexity index is 1340. The lowest BCUT2D eigenvalue weighted by molar-refractivity contribution is 0.0596. The topological polar surface area (TPSA) is 106 Å². The van der Waals surface area contributed by atoms with E-state index in [2.05, 4.69) is 4.98 Å². The Morgan fingerprint density at radius 1 is 1.21 bits per heavy atom. The fourth-order valence-electron chi connectivity index (χ4n) is 4.04. The highest BCUT2D eigenvalue weighted by molar-refractivity contribution is 7.89. The quantitative estimate of drug-likeness (QED) is 0.532. The van der Waals surface area contributed by atoms with E-state index < -0.39 is 16.0 Å². The van der Waals surface area contributed by atoms with Gasteiger partial charge in [-0.2, -0.15) is 4.31 Å². The number of hydrogen-bond acceptors (Lipinski definition) is 6. The summed E-state index contributed by atoms with van der Waals surface area (Å²) in [4.78, 5) is 27.8. The van der Waals surface area contributed by atoms with Crippen molar-refractivity contribution in [2.75, 3.05) is 20.3 Å². The number of hydrogen-bond donors (Lipinski definition) is 1. The first-order valence-corrected chi connectivity index (χ1v) is 12.2. The lowest BCUT2D eigenvalue weighted by Gasteiger charge is -2.25. The molecule has 2 heterocycles. The predicted molar refractivity (Wildman–Crippen MR) is 124 cm³/mol. The maximum absolute atomic E-state index is 13.7. The zero-order valence-corrected chi connectivity index (χ0v) is 19.4. The number of fused-ring (bicyclic) bond motifs is 1. The van der Waals surface area contributed by atoms with Gasteiger partial charge in [0.2, 0.25) is 10.0 Å². The minimum absolute atomic E-state index is 0.0553. The molecule has 9 heteroatoms. The largest absolute Gasteiger partial charge is 0.465 e. The van der Waals surface area contributed by atoms with E-state index in [0.29, 0.717) is 17.7 Å². The maximum Gasteiger partial charge on any atom is 0.339 e. The summed E-state index contributed by atoms with van der Waals surface area (Å²) in [5.41, 5.74) is 1.59. The SMILES string of the molecule is COC(=O)c1ccccc1S(=O)(=O)N(Cc1cc2ccc(C)cc2[nH]c1=O)C[C@@H]1CCCO1. The van der Waals surface area contributed by atoms with Crippen LogP contribution < -0.4 is 5.56 Å². The molecule has 0 spiro atoms. The average Bonchev–Trinajstić information content (AvgIpc) is 3.32. The van der Waals surface area contributed by atoms with Crippen molar-refractivity contribution in [2.24, 2.45) is 0 Å². The second-order valence-corrected chi connectivity index (χ2v) is 10.0. The van der Waals surface area contributed by atoms with Crippen LogP contribution in [0, 0.1) is 6.92 Å². The Morgan fingerprint density at radius 2 is 2.00 bits per heavy atom. The number of rotatable bonds is 7. The third-order valence-electron chi connectivity index (χ3n) is 5.77. The number of carbonyl (C=O) groups excluding carboxylic acids is 1. The summed E-state index contributed by atoms with van der Waals surface area (Å²) >= 11 is 0. The number of aromatic nitrogens is 1. The summed E-state index contributed by atoms with van der Waals surface area (Å²) in [5, 5.41) is 0.805. The number of H-pyrrole nitrogens is 1. The second-order valence-electron chi connectivity index (χ2n) is 8.13. The van der Waals surface area contributed by atoms with Crippen molar-refractivity contribution < 1.29 is 22.7 Å². The number of methoxy groups -OCH3 is 1. The van der Waals surface area contributed by atoms with Crippen molar-refractivity contribution in [3.63, 3.8) is 0 Å². The normalized spacial score (nSPS) is 16.4. The van der Waals surface area contributed by atoms with Crippen LogP contribution in [-0.2, 0) is 26.0 Å². The fourth-order valence-corrected chi connectivity index (χ4v) is 5.67. The highest BCUT2D eigenvalue weighted by Crippen LogP contribution is 2.25. The van der Waals surface area contributed by atoms with Crippen LogP contribution in [0.4, 0.5) is 0 Å². The molecule has 0 amide bonds. The van der Waals surface area contributed by atoms with Crippen LogP contribution in [0.5, 0.6) is 0 Å². The molecule has 1 atom stereocenters. The number of aryl methyl sites for hydroxylation is 1. The molecule has 1 aliphatic rings. The number of nitrogens with zero attached hydrogens (tertiary/aromatic N) is 1. The predicted octanol–water partition coefficient (Wildman–Crippen LogP) is 2.99. The molecule has 0 radical (unpaired) electrons. The number of sulfonamides is 1. The maximum atomic E-state index is 13.7. The molecular formula is C24H26N2O6S. The lowest BCUT2D eigenvalue weighted by Crippen LogP contribution is -2.39. The first-order chi connectivity index (χ1) is 15.8. The molecule has 0 aliphatic carbocycles. The van der Waals surface area contributed by atoms with Crippen molar-refractivity contribution >= 4 is 26.9 Å². The standard InChI is InChI=1S/C24H26N2O6S/c1-16-9-10-17-13-18(23(27)25-21(17)12-16)14-26(15-19-6-5-11-32-19)33(29,30)22-8-4-3-7-20(22)24(28)31-2/h3-4,7-10,12-13,19H,5-6,11,14-15H2,1-2H3,(H,25,27)/t19-/m0/s1. The number of aromatic amines is 1. The zero-order chi connectivity index (χ0) is 23.6. The number of nitrogens with one attached hydrogen (secondary N) is 1. The van der Waals surface area contributed by atoms with E-state index in [9.17, 15) is 18.0 Å². The van der Waals surface area contributed by atoms with Gasteiger partial charge in [-0.05, 0) is 55.0 Å². The molecule has 1 N–H and O–H groups in total. The molecule has 1 aliphatic heterocycles. The van der Waals surface area contributed by atoms with Crippen molar-refractivity contribution in [1.82, 2.24) is 9.29 Å². The Morgan fingerprint density at radius 3 is 2.73 bits per heavy atom. The summed E-state index contributed by atoms with van der Waals surface area (Å²) in [5.74, 6) is -0.745. The molecular weight excluding hydrogens is 444 g/mol. The van der Waals surface area contributed by atoms with Crippen molar-refractivity contribution in [3.8, 4) is 0 Å². The van der Waals surface area contributed by atoms with Crippen LogP contribution in [-0.4, -0.2) is 50.0 Å². The summed E-state index contributed by atoms with van der Waals surface area (Å²) in [6.07, 6.45) is 1.28. The molecule has 33 heavy (non-hydrogen) atoms. The minimum Gasteiger partial charge on any atom is -0.465 e. The summed E-state index contributed by atoms with van der Waals surface area (Å²) in [7, 11) is -2.95. The number of pyridine rings is 1. The van der Waals surface area contributed by atoms with Crippen LogP contribution in [0.2, 0.25) is 0 Å². The summed E-state index contributed by atoms with van der Waals surface area (Å²) in [6.45, 7) is 2.41. The third kappa shape index (κ3) is 4.85. The molecule has 1 saturated heterocycles. The first kappa shape index (κ1) is 23.2. The van der Waals surface area contributed by atoms with Crippen LogP contribution in [0.3, 0.4) is 0 Å². The third-order valence-corrected chi connectivity index (χ3v) is 7.64. The monoisotopic (exact) mass is 470 g/mol. The summed E-state index contributed by atoms with van der Waals surface area (Å²) < 4.78 is 39.1. The molecule has 174 valence electrons. The van der Waals surface area contributed by atoms with Gasteiger partial charge in [0.05, 0.1) is 23.7 Å². The van der Waals surface area contributed by atoms with Gasteiger partial charge in [-0.3, -0.25) is 4.79 Å². The highest BCUT2D eigenvalue weighted by atomic mass is 32.2. The molecule has 0 unspecified atom stereocenters. The number of esters is 1. The van der Waals surface area contributed by atoms with Gasteiger partial charge < -0.3 is 14.5 Å². The summed E-state index contributed by atoms with van der Waals surface area (Å²) in [6, 6.07) is 13.3. The number of carbonyl (C=O) groups is 1. The molecule has 2 aromatic carbocycles. The molecule has 0 bridgehead atoms. The van der Waals surface area contributed by atoms with Crippen molar-refractivity contribution in [1.29, 1.82) is 0 Å². The van der Waals surface area contributed by atoms with Gasteiger partial charge in [0.15, 0.2) is 0 Å². The van der Waals surface area contributed by atoms with E-state index in [1.165, 1.54) is 23.5 Å². The Labute approximate surface area is 192 Å². The number of benzene rings is 2. The van der Waals surface area contributed by atoms with E-state index in [4.69, 9.17) is 9.47 Å². The van der Waals surface area contributed by atoms with Crippen LogP contribution in [0.1, 0.15) is 34.3 Å². The molecule has 4 rings (SSSR count). The van der Waals surface area contributed by atoms with Gasteiger partial charge >= 0.3 is 5.97 Å². The first-order valence-electron chi connectivity index (χ1n) is 10.7. The Balaban J connectivity index is 1.77. The molecule has 1 fully saturated rings. The van der Waals surface area contributed by atoms with Crippen LogP contribution >= 0.6 is 0 Å². The van der Waals surface area contributed by atoms with Gasteiger partial charge in [-0.15, -0.1) is 0 Å². The Hall–Kier alpha value is -3.01. The van der Waals surface area contributed by atoms with Gasteiger partial charge in [0, 0.05) is 30.8 Å². The van der Waals surface area contributed by atoms with E-state index in [1.807, 2.05) is 25.1 Å². The van der Waals surface area contributed by atoms with E-state index in [0.717, 1.165) is 23.8 Å². The van der Waals surface area contributed by atoms with E-state index in [1.54, 1.807) is 18.2 Å². The van der Waals surface area contributed by atoms with Gasteiger partial charge in [-0.25, -0.2) is 13.2 Å². The van der Waals surface area contributed by atoms with Crippen molar-refractivity contribution in [2.45, 2.75) is 37.3 Å². The molecule has 3 aromatic rings. The zero-order valence-electron chi connectivity index (χ0n) is 18.5. The van der Waals surface area contributed by atoms with Gasteiger partial charge in [0.25, 0.3) is 5.56 Å². The van der Waals surface area contributed by atoms with Crippen LogP contribution in [0.25, 0.3) is 10.9 Å². The van der Waals surface area contributed by atoms with Gasteiger partial charge in [-0.1, -0.05) is 24.3 Å². The molecule has 0 saturated carbocycles. The minimum atomic E-state index is -4.15. The Kier molecular flexibility index (Phi) is 6.64. The fraction of sp³-hybridized carbons (Fsp3) is 0.333.